The van der Waals surface area contributed by atoms with Gasteiger partial charge in [0.15, 0.2) is 10.8 Å². The maximum atomic E-state index is 14.4. The lowest BCUT2D eigenvalue weighted by Gasteiger charge is -2.34. The van der Waals surface area contributed by atoms with Crippen LogP contribution in [0, 0.1) is 11.7 Å². The first-order valence-electron chi connectivity index (χ1n) is 11.3. The molecule has 0 saturated heterocycles. The van der Waals surface area contributed by atoms with E-state index in [1.165, 1.54) is 47.7 Å². The quantitative estimate of drug-likeness (QED) is 0.495. The molecule has 2 aromatic heterocycles. The molecule has 5 rings (SSSR count). The summed E-state index contributed by atoms with van der Waals surface area (Å²) in [7, 11) is 0. The van der Waals surface area contributed by atoms with Crippen LogP contribution < -0.4 is 4.74 Å². The van der Waals surface area contributed by atoms with Gasteiger partial charge in [-0.2, -0.15) is 0 Å². The van der Waals surface area contributed by atoms with E-state index in [4.69, 9.17) is 9.84 Å². The highest BCUT2D eigenvalue weighted by Crippen LogP contribution is 2.41. The zero-order valence-electron chi connectivity index (χ0n) is 19.1. The number of carboxylic acids is 1. The van der Waals surface area contributed by atoms with Crippen LogP contribution in [0.4, 0.5) is 4.39 Å². The Kier molecular flexibility index (Phi) is 7.67. The van der Waals surface area contributed by atoms with Crippen LogP contribution in [0.5, 0.6) is 5.06 Å². The van der Waals surface area contributed by atoms with Gasteiger partial charge in [-0.3, -0.25) is 19.5 Å². The van der Waals surface area contributed by atoms with Crippen molar-refractivity contribution in [1.82, 2.24) is 9.88 Å². The molecule has 3 heterocycles. The molecule has 1 aliphatic heterocycles. The molecule has 1 N–H and O–H groups in total. The fraction of sp³-hybridized carbons (Fsp3) is 0.308. The second-order valence-corrected chi connectivity index (χ2v) is 9.57. The van der Waals surface area contributed by atoms with Crippen molar-refractivity contribution in [3.63, 3.8) is 0 Å². The number of nitrogens with zero attached hydrogens (tertiary/aromatic N) is 2. The molecule has 1 saturated carbocycles. The van der Waals surface area contributed by atoms with Crippen LogP contribution in [0.3, 0.4) is 0 Å². The summed E-state index contributed by atoms with van der Waals surface area (Å²) in [5, 5.41) is 8.93. The summed E-state index contributed by atoms with van der Waals surface area (Å²) in [5.41, 5.74) is 1.74. The third-order valence-electron chi connectivity index (χ3n) is 5.84. The molecular weight excluding hydrogens is 471 g/mol. The van der Waals surface area contributed by atoms with E-state index in [1.807, 2.05) is 6.07 Å². The van der Waals surface area contributed by atoms with Crippen molar-refractivity contribution in [3.8, 4) is 5.06 Å². The van der Waals surface area contributed by atoms with Crippen LogP contribution >= 0.6 is 11.3 Å². The Morgan fingerprint density at radius 2 is 1.97 bits per heavy atom. The number of thiophene rings is 1. The van der Waals surface area contributed by atoms with Crippen molar-refractivity contribution in [2.45, 2.75) is 38.8 Å². The minimum atomic E-state index is -0.942. The highest BCUT2D eigenvalue weighted by atomic mass is 32.1. The van der Waals surface area contributed by atoms with Gasteiger partial charge in [0, 0.05) is 48.8 Å². The Morgan fingerprint density at radius 1 is 1.20 bits per heavy atom. The van der Waals surface area contributed by atoms with Crippen molar-refractivity contribution in [1.29, 1.82) is 0 Å². The van der Waals surface area contributed by atoms with E-state index >= 15 is 0 Å². The lowest BCUT2D eigenvalue weighted by Crippen LogP contribution is -2.38. The average molecular weight is 497 g/mol. The summed E-state index contributed by atoms with van der Waals surface area (Å²) in [5.74, 6) is -1.44. The molecule has 1 aliphatic carbocycles. The zero-order chi connectivity index (χ0) is 24.9. The van der Waals surface area contributed by atoms with Gasteiger partial charge < -0.3 is 9.84 Å². The summed E-state index contributed by atoms with van der Waals surface area (Å²) in [6.45, 7) is 2.63. The van der Waals surface area contributed by atoms with Gasteiger partial charge in [0.2, 0.25) is 0 Å². The lowest BCUT2D eigenvalue weighted by atomic mass is 9.95. The number of rotatable bonds is 6. The van der Waals surface area contributed by atoms with Gasteiger partial charge in [-0.1, -0.05) is 18.2 Å². The molecular formula is C26H25FN2O5S. The van der Waals surface area contributed by atoms with Gasteiger partial charge in [-0.25, -0.2) is 9.18 Å². The Hall–Kier alpha value is -3.43. The van der Waals surface area contributed by atoms with E-state index in [9.17, 15) is 18.8 Å². The Bertz CT molecular complexity index is 1230. The number of carbonyl (C=O) groups is 3. The first-order valence-corrected chi connectivity index (χ1v) is 12.1. The maximum absolute atomic E-state index is 14.4. The average Bonchev–Trinajstić information content (AvgIpc) is 3.61. The lowest BCUT2D eigenvalue weighted by molar-refractivity contribution is -0.131. The van der Waals surface area contributed by atoms with Gasteiger partial charge in [-0.15, -0.1) is 11.3 Å². The monoisotopic (exact) mass is 496 g/mol. The van der Waals surface area contributed by atoms with Gasteiger partial charge in [0.05, 0.1) is 11.6 Å². The second-order valence-electron chi connectivity index (χ2n) is 8.48. The number of ketones is 1. The number of hydrogen-bond donors (Lipinski definition) is 1. The van der Waals surface area contributed by atoms with Gasteiger partial charge >= 0.3 is 11.9 Å². The zero-order valence-corrected chi connectivity index (χ0v) is 20.0. The number of fused-ring (bicyclic) bond motifs is 1. The van der Waals surface area contributed by atoms with Crippen LogP contribution in [-0.2, 0) is 22.6 Å². The minimum Gasteiger partial charge on any atom is -0.478 e. The van der Waals surface area contributed by atoms with Crippen molar-refractivity contribution >= 4 is 29.1 Å². The number of carbonyl (C=O) groups excluding carboxylic acids is 2. The molecule has 0 radical (unpaired) electrons. The van der Waals surface area contributed by atoms with Crippen LogP contribution in [0.25, 0.3) is 0 Å². The second kappa shape index (κ2) is 10.9. The molecule has 2 aliphatic rings. The number of carboxylic acid groups (broad SMARTS) is 1. The number of aromatic nitrogens is 1. The van der Waals surface area contributed by atoms with Gasteiger partial charge in [0.1, 0.15) is 5.82 Å². The molecule has 35 heavy (non-hydrogen) atoms. The maximum Gasteiger partial charge on any atom is 0.337 e. The Labute approximate surface area is 206 Å². The largest absolute Gasteiger partial charge is 0.478 e. The number of aromatic carboxylic acids is 1. The third kappa shape index (κ3) is 6.17. The fourth-order valence-corrected chi connectivity index (χ4v) is 5.10. The van der Waals surface area contributed by atoms with Crippen molar-refractivity contribution in [2.24, 2.45) is 5.92 Å². The predicted molar refractivity (Wildman–Crippen MR) is 128 cm³/mol. The Balaban J connectivity index is 0.000000271. The fourth-order valence-electron chi connectivity index (χ4n) is 4.05. The van der Waals surface area contributed by atoms with Crippen molar-refractivity contribution < 1.29 is 28.6 Å². The van der Waals surface area contributed by atoms with E-state index in [0.29, 0.717) is 23.7 Å². The standard InChI is InChI=1S/C20H20FNO3S.C6H5NO2/c1-12(23)25-18-10-14-11-22(9-8-17(14)26-18)19(20(24)13-6-7-13)15-4-2-3-5-16(15)21;8-6(9)5-2-1-3-7-4-5/h2-5,10,13,19H,6-9,11H2,1H3;1-4H,(H,8,9). The highest BCUT2D eigenvalue weighted by molar-refractivity contribution is 7.14. The molecule has 3 aromatic rings. The molecule has 1 atom stereocenters. The summed E-state index contributed by atoms with van der Waals surface area (Å²) in [4.78, 5) is 41.1. The molecule has 0 spiro atoms. The summed E-state index contributed by atoms with van der Waals surface area (Å²) >= 11 is 1.47. The van der Waals surface area contributed by atoms with Crippen LogP contribution in [0.15, 0.2) is 54.9 Å². The van der Waals surface area contributed by atoms with Gasteiger partial charge in [-0.05, 0) is 49.1 Å². The SMILES string of the molecule is CC(=O)Oc1cc2c(s1)CCN(C(C(=O)C1CC1)c1ccccc1F)C2.O=C(O)c1cccnc1. The van der Waals surface area contributed by atoms with Crippen LogP contribution in [0.1, 0.15) is 52.2 Å². The number of hydrogen-bond acceptors (Lipinski definition) is 7. The van der Waals surface area contributed by atoms with Crippen LogP contribution in [0.2, 0.25) is 0 Å². The number of pyridine rings is 1. The number of esters is 1. The van der Waals surface area contributed by atoms with Gasteiger partial charge in [0.25, 0.3) is 0 Å². The minimum absolute atomic E-state index is 0.0556. The summed E-state index contributed by atoms with van der Waals surface area (Å²) < 4.78 is 19.6. The van der Waals surface area contributed by atoms with Crippen molar-refractivity contribution in [2.75, 3.05) is 6.54 Å². The molecule has 1 fully saturated rings. The molecule has 0 amide bonds. The normalized spacial score (nSPS) is 15.8. The van der Waals surface area contributed by atoms with E-state index in [-0.39, 0.29) is 29.1 Å². The smallest absolute Gasteiger partial charge is 0.337 e. The van der Waals surface area contributed by atoms with Crippen molar-refractivity contribution in [3.05, 3.63) is 82.2 Å². The topological polar surface area (TPSA) is 96.8 Å². The predicted octanol–water partition coefficient (Wildman–Crippen LogP) is 4.67. The number of benzene rings is 1. The highest BCUT2D eigenvalue weighted by Gasteiger charge is 2.40. The number of halogens is 1. The molecule has 1 aromatic carbocycles. The molecule has 7 nitrogen and oxygen atoms in total. The van der Waals surface area contributed by atoms with E-state index < -0.39 is 12.0 Å². The molecule has 0 bridgehead atoms. The summed E-state index contributed by atoms with van der Waals surface area (Å²) in [6.07, 6.45) is 5.41. The summed E-state index contributed by atoms with van der Waals surface area (Å²) in [6, 6.07) is 11.0. The molecule has 1 unspecified atom stereocenters. The third-order valence-corrected chi connectivity index (χ3v) is 6.96. The number of Topliss-reactive ketones (excluding diaryl/α,β-unsaturated/α-hetero) is 1. The van der Waals surface area contributed by atoms with E-state index in [0.717, 1.165) is 24.8 Å². The Morgan fingerprint density at radius 3 is 2.57 bits per heavy atom. The first kappa shape index (κ1) is 24.7. The molecule has 9 heteroatoms. The van der Waals surface area contributed by atoms with E-state index in [1.54, 1.807) is 24.3 Å². The van der Waals surface area contributed by atoms with E-state index in [2.05, 4.69) is 9.88 Å². The number of ether oxygens (including phenoxy) is 1. The molecule has 182 valence electrons. The first-order chi connectivity index (χ1) is 16.8. The van der Waals surface area contributed by atoms with Crippen LogP contribution in [-0.4, -0.2) is 39.3 Å².